The number of hydrogen-bond acceptors (Lipinski definition) is 2. The number of benzene rings is 2. The number of rotatable bonds is 7. The smallest absolute Gasteiger partial charge is 0.345 e. The number of halogens is 10. The summed E-state index contributed by atoms with van der Waals surface area (Å²) in [6, 6.07) is 3.02. The minimum atomic E-state index is -5.16. The van der Waals surface area contributed by atoms with Crippen LogP contribution in [0.5, 0.6) is 0 Å². The van der Waals surface area contributed by atoms with Gasteiger partial charge in [-0.2, -0.15) is 39.5 Å². The molecule has 2 N–H and O–H groups in total. The second-order valence-electron chi connectivity index (χ2n) is 8.22. The van der Waals surface area contributed by atoms with Crippen molar-refractivity contribution in [3.63, 3.8) is 0 Å². The summed E-state index contributed by atoms with van der Waals surface area (Å²) in [5.74, 6) is -5.78. The van der Waals surface area contributed by atoms with Gasteiger partial charge in [0, 0.05) is 0 Å². The molecule has 0 aliphatic rings. The molecule has 2 rings (SSSR count). The van der Waals surface area contributed by atoms with Crippen molar-refractivity contribution in [2.75, 3.05) is 6.54 Å². The van der Waals surface area contributed by atoms with E-state index in [9.17, 15) is 53.5 Å². The third kappa shape index (κ3) is 8.48. The average molecular weight is 558 g/mol. The molecule has 0 saturated carbocycles. The first kappa shape index (κ1) is 30.6. The number of carbonyl (C=O) groups is 2. The predicted octanol–water partition coefficient (Wildman–Crippen LogP) is 6.31. The molecule has 0 bridgehead atoms. The van der Waals surface area contributed by atoms with E-state index in [0.717, 1.165) is 37.3 Å². The van der Waals surface area contributed by atoms with Crippen LogP contribution in [0.15, 0.2) is 42.5 Å². The van der Waals surface area contributed by atoms with Gasteiger partial charge in [0.25, 0.3) is 5.91 Å². The van der Waals surface area contributed by atoms with E-state index in [2.05, 4.69) is 0 Å². The molecule has 2 atom stereocenters. The molecule has 14 heteroatoms. The van der Waals surface area contributed by atoms with Gasteiger partial charge in [0.2, 0.25) is 5.91 Å². The molecule has 2 aromatic carbocycles. The van der Waals surface area contributed by atoms with E-state index in [4.69, 9.17) is 0 Å². The standard InChI is InChI=1S/C24H20F10N2O2/c1-12-9-15(5-8-19(12)25)17(23(29,30)31)7-4-14-3-6-16(18(10-14)24(32,33)34)21(38)36-13(2)20(37)35-11-22(26,27)28/h3-10,13,17H,11H2,1-2H3,(H,35,37)(H,36,38)/b7-4+/t13-,17?/m1/s1. The molecular formula is C24H20F10N2O2. The molecule has 4 nitrogen and oxygen atoms in total. The predicted molar refractivity (Wildman–Crippen MR) is 116 cm³/mol. The number of hydrogen-bond donors (Lipinski definition) is 2. The topological polar surface area (TPSA) is 58.2 Å². The normalized spacial score (nSPS) is 14.3. The SMILES string of the molecule is Cc1cc(C(/C=C/c2ccc(C(=O)N[C@H](C)C(=O)NCC(F)(F)F)c(C(F)(F)F)c2)C(F)(F)F)ccc1F. The van der Waals surface area contributed by atoms with Crippen LogP contribution in [0.25, 0.3) is 6.08 Å². The van der Waals surface area contributed by atoms with Gasteiger partial charge in [-0.05, 0) is 48.7 Å². The maximum Gasteiger partial charge on any atom is 0.417 e. The van der Waals surface area contributed by atoms with Crippen molar-refractivity contribution in [1.82, 2.24) is 10.6 Å². The second kappa shape index (κ2) is 11.4. The van der Waals surface area contributed by atoms with Crippen LogP contribution in [-0.4, -0.2) is 36.8 Å². The lowest BCUT2D eigenvalue weighted by atomic mass is 9.95. The van der Waals surface area contributed by atoms with E-state index in [-0.39, 0.29) is 16.7 Å². The van der Waals surface area contributed by atoms with E-state index in [1.807, 2.05) is 5.32 Å². The van der Waals surface area contributed by atoms with Gasteiger partial charge in [0.1, 0.15) is 18.4 Å². The van der Waals surface area contributed by atoms with Crippen molar-refractivity contribution in [1.29, 1.82) is 0 Å². The lowest BCUT2D eigenvalue weighted by Crippen LogP contribution is -2.47. The Kier molecular flexibility index (Phi) is 9.22. The Balaban J connectivity index is 2.34. The lowest BCUT2D eigenvalue weighted by molar-refractivity contribution is -0.139. The maximum absolute atomic E-state index is 13.6. The van der Waals surface area contributed by atoms with Crippen molar-refractivity contribution in [2.45, 2.75) is 44.3 Å². The van der Waals surface area contributed by atoms with Crippen LogP contribution < -0.4 is 10.6 Å². The minimum absolute atomic E-state index is 0.0683. The highest BCUT2D eigenvalue weighted by Crippen LogP contribution is 2.38. The van der Waals surface area contributed by atoms with Crippen LogP contribution in [-0.2, 0) is 11.0 Å². The largest absolute Gasteiger partial charge is 0.417 e. The molecule has 1 unspecified atom stereocenters. The highest BCUT2D eigenvalue weighted by Gasteiger charge is 2.39. The van der Waals surface area contributed by atoms with Gasteiger partial charge in [-0.3, -0.25) is 9.59 Å². The highest BCUT2D eigenvalue weighted by atomic mass is 19.4. The van der Waals surface area contributed by atoms with Crippen molar-refractivity contribution in [3.05, 3.63) is 76.1 Å². The molecule has 0 heterocycles. The number of carbonyl (C=O) groups excluding carboxylic acids is 2. The van der Waals surface area contributed by atoms with Gasteiger partial charge in [0.15, 0.2) is 0 Å². The third-order valence-electron chi connectivity index (χ3n) is 5.17. The summed E-state index contributed by atoms with van der Waals surface area (Å²) in [7, 11) is 0. The molecule has 0 spiro atoms. The van der Waals surface area contributed by atoms with E-state index < -0.39 is 65.8 Å². The van der Waals surface area contributed by atoms with Crippen LogP contribution in [0.3, 0.4) is 0 Å². The van der Waals surface area contributed by atoms with Crippen LogP contribution in [0, 0.1) is 12.7 Å². The van der Waals surface area contributed by atoms with Crippen molar-refractivity contribution < 1.29 is 53.5 Å². The van der Waals surface area contributed by atoms with Crippen molar-refractivity contribution in [3.8, 4) is 0 Å². The first-order valence-electron chi connectivity index (χ1n) is 10.7. The molecule has 0 saturated heterocycles. The summed E-state index contributed by atoms with van der Waals surface area (Å²) in [5, 5.41) is 3.32. The maximum atomic E-state index is 13.6. The summed E-state index contributed by atoms with van der Waals surface area (Å²) in [5.41, 5.74) is -3.34. The van der Waals surface area contributed by atoms with Gasteiger partial charge >= 0.3 is 18.5 Å². The van der Waals surface area contributed by atoms with Crippen molar-refractivity contribution >= 4 is 17.9 Å². The second-order valence-corrected chi connectivity index (χ2v) is 8.22. The Labute approximate surface area is 209 Å². The molecule has 2 amide bonds. The quantitative estimate of drug-likeness (QED) is 0.392. The molecule has 2 aromatic rings. The van der Waals surface area contributed by atoms with Crippen LogP contribution in [0.1, 0.15) is 45.5 Å². The summed E-state index contributed by atoms with van der Waals surface area (Å²) in [4.78, 5) is 24.1. The van der Waals surface area contributed by atoms with Crippen molar-refractivity contribution in [2.24, 2.45) is 0 Å². The Bertz CT molecular complexity index is 1200. The van der Waals surface area contributed by atoms with Gasteiger partial charge in [-0.15, -0.1) is 0 Å². The van der Waals surface area contributed by atoms with Gasteiger partial charge < -0.3 is 10.6 Å². The van der Waals surface area contributed by atoms with Crippen LogP contribution in [0.2, 0.25) is 0 Å². The van der Waals surface area contributed by atoms with E-state index in [1.165, 1.54) is 12.2 Å². The zero-order valence-electron chi connectivity index (χ0n) is 19.6. The summed E-state index contributed by atoms with van der Waals surface area (Å²) < 4.78 is 132. The number of amides is 2. The Morgan fingerprint density at radius 1 is 0.947 bits per heavy atom. The molecule has 0 fully saturated rings. The van der Waals surface area contributed by atoms with Gasteiger partial charge in [-0.1, -0.05) is 30.4 Å². The molecule has 208 valence electrons. The zero-order valence-corrected chi connectivity index (χ0v) is 19.6. The first-order valence-corrected chi connectivity index (χ1v) is 10.7. The summed E-state index contributed by atoms with van der Waals surface area (Å²) in [6.07, 6.45) is -13.4. The number of alkyl halides is 9. The van der Waals surface area contributed by atoms with E-state index >= 15 is 0 Å². The highest BCUT2D eigenvalue weighted by molar-refractivity contribution is 5.99. The Morgan fingerprint density at radius 3 is 2.11 bits per heavy atom. The van der Waals surface area contributed by atoms with E-state index in [0.29, 0.717) is 18.2 Å². The number of aryl methyl sites for hydroxylation is 1. The number of allylic oxidation sites excluding steroid dienone is 1. The minimum Gasteiger partial charge on any atom is -0.345 e. The molecular weight excluding hydrogens is 538 g/mol. The monoisotopic (exact) mass is 558 g/mol. The third-order valence-corrected chi connectivity index (χ3v) is 5.17. The molecule has 0 aliphatic carbocycles. The molecule has 0 aliphatic heterocycles. The number of nitrogens with one attached hydrogen (secondary N) is 2. The molecule has 0 radical (unpaired) electrons. The zero-order chi connectivity index (χ0) is 29.1. The van der Waals surface area contributed by atoms with E-state index in [1.54, 1.807) is 0 Å². The fraction of sp³-hybridized carbons (Fsp3) is 0.333. The van der Waals surface area contributed by atoms with Gasteiger partial charge in [-0.25, -0.2) is 4.39 Å². The van der Waals surface area contributed by atoms with Crippen LogP contribution in [0.4, 0.5) is 43.9 Å². The van der Waals surface area contributed by atoms with Crippen LogP contribution >= 0.6 is 0 Å². The summed E-state index contributed by atoms with van der Waals surface area (Å²) >= 11 is 0. The molecule has 0 aromatic heterocycles. The fourth-order valence-corrected chi connectivity index (χ4v) is 3.26. The molecule has 38 heavy (non-hydrogen) atoms. The summed E-state index contributed by atoms with van der Waals surface area (Å²) in [6.45, 7) is 0.468. The first-order chi connectivity index (χ1) is 17.3. The Morgan fingerprint density at radius 2 is 1.58 bits per heavy atom. The Hall–Kier alpha value is -3.58. The van der Waals surface area contributed by atoms with Gasteiger partial charge in [0.05, 0.1) is 17.0 Å². The lowest BCUT2D eigenvalue weighted by Gasteiger charge is -2.19. The fourth-order valence-electron chi connectivity index (χ4n) is 3.26. The average Bonchev–Trinajstić information content (AvgIpc) is 2.77.